The van der Waals surface area contributed by atoms with Gasteiger partial charge in [-0.1, -0.05) is 0 Å². The molecule has 1 fully saturated rings. The van der Waals surface area contributed by atoms with Gasteiger partial charge in [-0.25, -0.2) is 0 Å². The molecule has 0 saturated carbocycles. The lowest BCUT2D eigenvalue weighted by Crippen LogP contribution is -2.03. The molecule has 7 nitrogen and oxygen atoms in total. The normalized spacial score (nSPS) is 13.1. The van der Waals surface area contributed by atoms with Crippen molar-refractivity contribution in [3.63, 3.8) is 0 Å². The molecule has 1 atom stereocenters. The first-order valence-electron chi connectivity index (χ1n) is 6.29. The Labute approximate surface area is 122 Å². The second-order valence-corrected chi connectivity index (χ2v) is 3.86. The molecular formula is C13H32O7. The molecule has 0 aromatic carbocycles. The zero-order valence-corrected chi connectivity index (χ0v) is 13.5. The Bertz CT molecular complexity index is 150. The summed E-state index contributed by atoms with van der Waals surface area (Å²) in [5.41, 5.74) is 0. The molecule has 126 valence electrons. The standard InChI is InChI=1S/C4H6O2.C3H8O2.C3H8O.C2H6O.CH4O/c5-4-2-1-3-6-4;1-3(5)2-4;1-3(2)4;1-3-2;1-2/h1-3H2;3-5H,2H2,1H3;3-4H,1-2H3;1-2H3;2H,1H3. The van der Waals surface area contributed by atoms with E-state index in [0.717, 1.165) is 13.5 Å². The SMILES string of the molecule is CC(C)O.CC(O)CO.CO.COC.O=C1CCCO1. The molecule has 1 rings (SSSR count). The van der Waals surface area contributed by atoms with E-state index in [0.29, 0.717) is 13.0 Å². The summed E-state index contributed by atoms with van der Waals surface area (Å²) in [6.45, 7) is 5.47. The molecule has 1 aliphatic rings. The smallest absolute Gasteiger partial charge is 0.305 e. The van der Waals surface area contributed by atoms with Gasteiger partial charge in [-0.3, -0.25) is 4.79 Å². The third kappa shape index (κ3) is 66.8. The van der Waals surface area contributed by atoms with Crippen molar-refractivity contribution in [3.8, 4) is 0 Å². The first-order valence-corrected chi connectivity index (χ1v) is 6.29. The Morgan fingerprint density at radius 1 is 1.20 bits per heavy atom. The number of hydrogen-bond acceptors (Lipinski definition) is 7. The molecule has 1 heterocycles. The van der Waals surface area contributed by atoms with Crippen LogP contribution >= 0.6 is 0 Å². The summed E-state index contributed by atoms with van der Waals surface area (Å²) in [5.74, 6) is -0.0463. The zero-order chi connectivity index (χ0) is 17.0. The largest absolute Gasteiger partial charge is 0.466 e. The van der Waals surface area contributed by atoms with Crippen molar-refractivity contribution in [2.24, 2.45) is 0 Å². The predicted molar refractivity (Wildman–Crippen MR) is 77.4 cm³/mol. The van der Waals surface area contributed by atoms with Crippen LogP contribution in [-0.2, 0) is 14.3 Å². The highest BCUT2D eigenvalue weighted by molar-refractivity contribution is 5.70. The van der Waals surface area contributed by atoms with E-state index in [9.17, 15) is 4.79 Å². The van der Waals surface area contributed by atoms with Crippen LogP contribution in [0.3, 0.4) is 0 Å². The number of esters is 1. The van der Waals surface area contributed by atoms with Crippen LogP contribution in [0.5, 0.6) is 0 Å². The summed E-state index contributed by atoms with van der Waals surface area (Å²) < 4.78 is 8.76. The van der Waals surface area contributed by atoms with Gasteiger partial charge in [0.1, 0.15) is 0 Å². The van der Waals surface area contributed by atoms with E-state index in [1.807, 2.05) is 0 Å². The highest BCUT2D eigenvalue weighted by Crippen LogP contribution is 2.01. The van der Waals surface area contributed by atoms with Crippen molar-refractivity contribution >= 4 is 5.97 Å². The van der Waals surface area contributed by atoms with Crippen LogP contribution in [-0.4, -0.2) is 73.1 Å². The molecule has 0 aromatic rings. The second-order valence-electron chi connectivity index (χ2n) is 3.86. The molecule has 0 bridgehead atoms. The summed E-state index contributed by atoms with van der Waals surface area (Å²) in [5, 5.41) is 31.1. The Morgan fingerprint density at radius 3 is 1.55 bits per heavy atom. The van der Waals surface area contributed by atoms with Crippen molar-refractivity contribution in [2.75, 3.05) is 34.5 Å². The van der Waals surface area contributed by atoms with Gasteiger partial charge in [0.15, 0.2) is 0 Å². The maximum atomic E-state index is 10.0. The number of aliphatic hydroxyl groups excluding tert-OH is 4. The van der Waals surface area contributed by atoms with Crippen LogP contribution < -0.4 is 0 Å². The molecule has 0 amide bonds. The Balaban J connectivity index is -0.0000000845. The monoisotopic (exact) mass is 300 g/mol. The fourth-order valence-corrected chi connectivity index (χ4v) is 0.475. The summed E-state index contributed by atoms with van der Waals surface area (Å²) >= 11 is 0. The van der Waals surface area contributed by atoms with Crippen molar-refractivity contribution in [3.05, 3.63) is 0 Å². The number of rotatable bonds is 1. The van der Waals surface area contributed by atoms with Crippen LogP contribution in [0.15, 0.2) is 0 Å². The molecular weight excluding hydrogens is 268 g/mol. The van der Waals surface area contributed by atoms with E-state index in [1.165, 1.54) is 6.92 Å². The van der Waals surface area contributed by atoms with Gasteiger partial charge in [-0.2, -0.15) is 0 Å². The Kier molecular flexibility index (Phi) is 36.9. The maximum Gasteiger partial charge on any atom is 0.305 e. The molecule has 1 unspecified atom stereocenters. The lowest BCUT2D eigenvalue weighted by molar-refractivity contribution is -0.137. The first kappa shape index (κ1) is 27.6. The lowest BCUT2D eigenvalue weighted by atomic mass is 10.4. The van der Waals surface area contributed by atoms with Crippen LogP contribution in [0, 0.1) is 0 Å². The van der Waals surface area contributed by atoms with E-state index in [1.54, 1.807) is 28.1 Å². The van der Waals surface area contributed by atoms with E-state index in [4.69, 9.17) is 20.4 Å². The predicted octanol–water partition coefficient (Wildman–Crippen LogP) is -0.0589. The number of ether oxygens (including phenoxy) is 2. The van der Waals surface area contributed by atoms with Crippen molar-refractivity contribution in [1.82, 2.24) is 0 Å². The third-order valence-electron chi connectivity index (χ3n) is 1.05. The highest BCUT2D eigenvalue weighted by atomic mass is 16.5. The fourth-order valence-electron chi connectivity index (χ4n) is 0.475. The molecule has 0 aliphatic carbocycles. The van der Waals surface area contributed by atoms with Gasteiger partial charge in [0, 0.05) is 33.9 Å². The number of cyclic esters (lactones) is 1. The van der Waals surface area contributed by atoms with Gasteiger partial charge in [0.25, 0.3) is 0 Å². The number of hydrogen-bond donors (Lipinski definition) is 4. The molecule has 1 aliphatic heterocycles. The Hall–Kier alpha value is -0.730. The lowest BCUT2D eigenvalue weighted by Gasteiger charge is -1.90. The molecule has 20 heavy (non-hydrogen) atoms. The molecule has 4 N–H and O–H groups in total. The zero-order valence-electron chi connectivity index (χ0n) is 13.5. The molecule has 0 spiro atoms. The first-order chi connectivity index (χ1) is 9.31. The fraction of sp³-hybridized carbons (Fsp3) is 0.923. The minimum absolute atomic E-state index is 0.0463. The van der Waals surface area contributed by atoms with Crippen molar-refractivity contribution in [1.29, 1.82) is 0 Å². The van der Waals surface area contributed by atoms with Gasteiger partial charge >= 0.3 is 5.97 Å². The molecule has 1 saturated heterocycles. The summed E-state index contributed by atoms with van der Waals surface area (Å²) in [4.78, 5) is 10.0. The molecule has 0 radical (unpaired) electrons. The molecule has 0 aromatic heterocycles. The number of carbonyl (C=O) groups excluding carboxylic acids is 1. The number of aliphatic hydroxyl groups is 4. The number of carbonyl (C=O) groups is 1. The van der Waals surface area contributed by atoms with Gasteiger partial charge < -0.3 is 29.9 Å². The van der Waals surface area contributed by atoms with Gasteiger partial charge in [0.2, 0.25) is 0 Å². The summed E-state index contributed by atoms with van der Waals surface area (Å²) in [7, 11) is 4.25. The van der Waals surface area contributed by atoms with E-state index in [2.05, 4.69) is 9.47 Å². The van der Waals surface area contributed by atoms with E-state index < -0.39 is 6.10 Å². The van der Waals surface area contributed by atoms with Gasteiger partial charge in [-0.15, -0.1) is 0 Å². The van der Waals surface area contributed by atoms with Crippen LogP contribution in [0.1, 0.15) is 33.6 Å². The van der Waals surface area contributed by atoms with Crippen molar-refractivity contribution in [2.45, 2.75) is 45.8 Å². The average molecular weight is 300 g/mol. The third-order valence-corrected chi connectivity index (χ3v) is 1.05. The topological polar surface area (TPSA) is 116 Å². The minimum Gasteiger partial charge on any atom is -0.466 e. The van der Waals surface area contributed by atoms with Crippen molar-refractivity contribution < 1.29 is 34.7 Å². The van der Waals surface area contributed by atoms with Crippen LogP contribution in [0.4, 0.5) is 0 Å². The number of methoxy groups -OCH3 is 1. The maximum absolute atomic E-state index is 10.0. The Morgan fingerprint density at radius 2 is 1.50 bits per heavy atom. The van der Waals surface area contributed by atoms with Gasteiger partial charge in [0.05, 0.1) is 19.3 Å². The molecule has 7 heteroatoms. The summed E-state index contributed by atoms with van der Waals surface area (Å²) in [6, 6.07) is 0. The van der Waals surface area contributed by atoms with Gasteiger partial charge in [-0.05, 0) is 27.2 Å². The second kappa shape index (κ2) is 26.8. The van der Waals surface area contributed by atoms with E-state index in [-0.39, 0.29) is 18.7 Å². The van der Waals surface area contributed by atoms with Crippen LogP contribution in [0.25, 0.3) is 0 Å². The minimum atomic E-state index is -0.560. The average Bonchev–Trinajstić information content (AvgIpc) is 2.84. The highest BCUT2D eigenvalue weighted by Gasteiger charge is 2.08. The van der Waals surface area contributed by atoms with E-state index >= 15 is 0 Å². The quantitative estimate of drug-likeness (QED) is 0.501. The van der Waals surface area contributed by atoms with Crippen LogP contribution in [0.2, 0.25) is 0 Å². The summed E-state index contributed by atoms with van der Waals surface area (Å²) in [6.07, 6.45) is 0.814.